The molecule has 1 amide bonds. The number of aryl methyl sites for hydroxylation is 1. The molecule has 1 saturated heterocycles. The number of para-hydroxylation sites is 1. The highest BCUT2D eigenvalue weighted by molar-refractivity contribution is 5.90. The molecule has 2 aromatic rings. The zero-order chi connectivity index (χ0) is 20.3. The van der Waals surface area contributed by atoms with Crippen molar-refractivity contribution in [2.75, 3.05) is 37.7 Å². The van der Waals surface area contributed by atoms with Crippen LogP contribution in [0.2, 0.25) is 0 Å². The molecule has 1 aromatic heterocycles. The number of anilines is 1. The number of halogens is 1. The molecule has 1 fully saturated rings. The molecule has 0 atom stereocenters. The monoisotopic (exact) mass is 390 g/mol. The van der Waals surface area contributed by atoms with Crippen molar-refractivity contribution in [1.29, 1.82) is 0 Å². The summed E-state index contributed by atoms with van der Waals surface area (Å²) in [5.74, 6) is -1.49. The Morgan fingerprint density at radius 1 is 1.21 bits per heavy atom. The van der Waals surface area contributed by atoms with Crippen LogP contribution in [0.5, 0.6) is 0 Å². The molecule has 1 aliphatic rings. The number of nitro groups is 1. The maximum atomic E-state index is 13.9. The molecule has 2 heterocycles. The minimum Gasteiger partial charge on any atom is -0.451 e. The van der Waals surface area contributed by atoms with Gasteiger partial charge < -0.3 is 19.1 Å². The Morgan fingerprint density at radius 2 is 1.89 bits per heavy atom. The predicted octanol–water partition coefficient (Wildman–Crippen LogP) is 1.58. The first-order valence-corrected chi connectivity index (χ1v) is 8.62. The molecule has 1 aliphatic heterocycles. The van der Waals surface area contributed by atoms with Crippen LogP contribution in [0.25, 0.3) is 0 Å². The molecular weight excluding hydrogens is 371 g/mol. The first-order chi connectivity index (χ1) is 13.4. The van der Waals surface area contributed by atoms with Crippen molar-refractivity contribution in [3.8, 4) is 0 Å². The summed E-state index contributed by atoms with van der Waals surface area (Å²) in [6.07, 6.45) is 1.19. The Morgan fingerprint density at radius 3 is 2.50 bits per heavy atom. The molecule has 0 radical (unpaired) electrons. The highest BCUT2D eigenvalue weighted by atomic mass is 19.1. The van der Waals surface area contributed by atoms with Crippen molar-refractivity contribution in [2.24, 2.45) is 7.05 Å². The van der Waals surface area contributed by atoms with Gasteiger partial charge in [0.1, 0.15) is 11.5 Å². The number of amides is 1. The highest BCUT2D eigenvalue weighted by Gasteiger charge is 2.25. The van der Waals surface area contributed by atoms with Crippen molar-refractivity contribution in [3.63, 3.8) is 0 Å². The molecule has 0 spiro atoms. The lowest BCUT2D eigenvalue weighted by Gasteiger charge is -2.36. The molecular formula is C18H19FN4O5. The summed E-state index contributed by atoms with van der Waals surface area (Å²) in [6.45, 7) is 1.22. The number of rotatable bonds is 5. The number of esters is 1. The van der Waals surface area contributed by atoms with E-state index < -0.39 is 17.5 Å². The van der Waals surface area contributed by atoms with Crippen molar-refractivity contribution in [3.05, 3.63) is 58.2 Å². The third-order valence-corrected chi connectivity index (χ3v) is 4.56. The molecule has 0 bridgehead atoms. The smallest absolute Gasteiger partial charge is 0.355 e. The van der Waals surface area contributed by atoms with Crippen molar-refractivity contribution in [1.82, 2.24) is 9.47 Å². The highest BCUT2D eigenvalue weighted by Crippen LogP contribution is 2.20. The molecule has 1 aromatic carbocycles. The van der Waals surface area contributed by atoms with E-state index in [1.54, 1.807) is 18.2 Å². The quantitative estimate of drug-likeness (QED) is 0.437. The number of piperazine rings is 1. The molecule has 3 rings (SSSR count). The second-order valence-corrected chi connectivity index (χ2v) is 6.35. The Hall–Kier alpha value is -3.43. The fourth-order valence-electron chi connectivity index (χ4n) is 3.05. The second-order valence-electron chi connectivity index (χ2n) is 6.35. The number of aromatic nitrogens is 1. The summed E-state index contributed by atoms with van der Waals surface area (Å²) in [6, 6.07) is 7.55. The number of benzene rings is 1. The van der Waals surface area contributed by atoms with Crippen LogP contribution >= 0.6 is 0 Å². The van der Waals surface area contributed by atoms with Crippen LogP contribution in [0.4, 0.5) is 15.8 Å². The lowest BCUT2D eigenvalue weighted by atomic mass is 10.2. The van der Waals surface area contributed by atoms with Crippen LogP contribution in [0.3, 0.4) is 0 Å². The van der Waals surface area contributed by atoms with E-state index in [0.717, 1.165) is 6.07 Å². The molecule has 0 unspecified atom stereocenters. The Balaban J connectivity index is 1.52. The lowest BCUT2D eigenvalue weighted by molar-refractivity contribution is -0.384. The van der Waals surface area contributed by atoms with Gasteiger partial charge in [-0.1, -0.05) is 12.1 Å². The minimum atomic E-state index is -0.811. The van der Waals surface area contributed by atoms with E-state index in [-0.39, 0.29) is 23.1 Å². The summed E-state index contributed by atoms with van der Waals surface area (Å²) in [4.78, 5) is 37.9. The number of hydrogen-bond acceptors (Lipinski definition) is 6. The predicted molar refractivity (Wildman–Crippen MR) is 97.5 cm³/mol. The van der Waals surface area contributed by atoms with Gasteiger partial charge in [0.25, 0.3) is 11.6 Å². The fourth-order valence-corrected chi connectivity index (χ4v) is 3.05. The average molecular weight is 390 g/mol. The Kier molecular flexibility index (Phi) is 5.57. The molecule has 0 saturated carbocycles. The van der Waals surface area contributed by atoms with Gasteiger partial charge in [0.15, 0.2) is 6.61 Å². The van der Waals surface area contributed by atoms with E-state index in [1.165, 1.54) is 28.8 Å². The van der Waals surface area contributed by atoms with Crippen LogP contribution in [0, 0.1) is 15.9 Å². The van der Waals surface area contributed by atoms with E-state index in [4.69, 9.17) is 4.74 Å². The van der Waals surface area contributed by atoms with Crippen molar-refractivity contribution in [2.45, 2.75) is 0 Å². The largest absolute Gasteiger partial charge is 0.451 e. The number of ether oxygens (including phenoxy) is 1. The Labute approximate surface area is 160 Å². The third kappa shape index (κ3) is 4.11. The summed E-state index contributed by atoms with van der Waals surface area (Å²) in [5, 5.41) is 10.8. The average Bonchev–Trinajstić information content (AvgIpc) is 3.08. The van der Waals surface area contributed by atoms with Gasteiger partial charge in [0.2, 0.25) is 0 Å². The van der Waals surface area contributed by atoms with Crippen LogP contribution in [-0.4, -0.2) is 59.1 Å². The van der Waals surface area contributed by atoms with E-state index in [0.29, 0.717) is 31.9 Å². The van der Waals surface area contributed by atoms with Gasteiger partial charge >= 0.3 is 5.97 Å². The van der Waals surface area contributed by atoms with Crippen molar-refractivity contribution < 1.29 is 23.6 Å². The van der Waals surface area contributed by atoms with Gasteiger partial charge in [0.05, 0.1) is 16.8 Å². The normalized spacial score (nSPS) is 14.1. The first-order valence-electron chi connectivity index (χ1n) is 8.62. The maximum Gasteiger partial charge on any atom is 0.355 e. The molecule has 0 N–H and O–H groups in total. The van der Waals surface area contributed by atoms with E-state index in [2.05, 4.69) is 0 Å². The topological polar surface area (TPSA) is 97.9 Å². The standard InChI is InChI=1S/C18H19FN4O5/c1-20-11-13(23(26)27)10-16(20)18(25)28-12-17(24)22-8-6-21(7-9-22)15-5-3-2-4-14(15)19/h2-5,10-11H,6-9,12H2,1H3. The zero-order valence-electron chi connectivity index (χ0n) is 15.2. The van der Waals surface area contributed by atoms with Gasteiger partial charge in [0, 0.05) is 39.3 Å². The molecule has 10 heteroatoms. The minimum absolute atomic E-state index is 0.0103. The van der Waals surface area contributed by atoms with Gasteiger partial charge in [-0.05, 0) is 12.1 Å². The Bertz CT molecular complexity index is 905. The molecule has 0 aliphatic carbocycles. The molecule has 148 valence electrons. The van der Waals surface area contributed by atoms with E-state index in [9.17, 15) is 24.1 Å². The summed E-state index contributed by atoms with van der Waals surface area (Å²) < 4.78 is 20.1. The molecule has 9 nitrogen and oxygen atoms in total. The van der Waals surface area contributed by atoms with Crippen LogP contribution in [0.1, 0.15) is 10.5 Å². The second kappa shape index (κ2) is 8.07. The van der Waals surface area contributed by atoms with Gasteiger partial charge in [-0.15, -0.1) is 0 Å². The summed E-state index contributed by atoms with van der Waals surface area (Å²) >= 11 is 0. The van der Waals surface area contributed by atoms with E-state index >= 15 is 0 Å². The maximum absolute atomic E-state index is 13.9. The fraction of sp³-hybridized carbons (Fsp3) is 0.333. The molecule has 28 heavy (non-hydrogen) atoms. The lowest BCUT2D eigenvalue weighted by Crippen LogP contribution is -2.50. The van der Waals surface area contributed by atoms with Gasteiger partial charge in [-0.3, -0.25) is 14.9 Å². The van der Waals surface area contributed by atoms with Crippen LogP contribution < -0.4 is 4.90 Å². The van der Waals surface area contributed by atoms with Gasteiger partial charge in [-0.25, -0.2) is 9.18 Å². The SMILES string of the molecule is Cn1cc([N+](=O)[O-])cc1C(=O)OCC(=O)N1CCN(c2ccccc2F)CC1. The summed E-state index contributed by atoms with van der Waals surface area (Å²) in [5.41, 5.74) is 0.250. The van der Waals surface area contributed by atoms with Crippen molar-refractivity contribution >= 4 is 23.3 Å². The summed E-state index contributed by atoms with van der Waals surface area (Å²) in [7, 11) is 1.48. The first kappa shape index (κ1) is 19.3. The number of nitrogens with zero attached hydrogens (tertiary/aromatic N) is 4. The third-order valence-electron chi connectivity index (χ3n) is 4.56. The van der Waals surface area contributed by atoms with E-state index in [1.807, 2.05) is 4.90 Å². The van der Waals surface area contributed by atoms with Crippen LogP contribution in [0.15, 0.2) is 36.5 Å². The number of hydrogen-bond donors (Lipinski definition) is 0. The number of carbonyl (C=O) groups is 2. The van der Waals surface area contributed by atoms with Crippen LogP contribution in [-0.2, 0) is 16.6 Å². The zero-order valence-corrected chi connectivity index (χ0v) is 15.2. The number of carbonyl (C=O) groups excluding carboxylic acids is 2. The van der Waals surface area contributed by atoms with Gasteiger partial charge in [-0.2, -0.15) is 0 Å².